The Hall–Kier alpha value is -1.30. The van der Waals surface area contributed by atoms with Gasteiger partial charge < -0.3 is 14.9 Å². The van der Waals surface area contributed by atoms with Gasteiger partial charge in [-0.05, 0) is 19.3 Å². The van der Waals surface area contributed by atoms with Crippen LogP contribution in [0.4, 0.5) is 4.79 Å². The van der Waals surface area contributed by atoms with Gasteiger partial charge in [0.05, 0.1) is 6.42 Å². The highest BCUT2D eigenvalue weighted by atomic mass is 16.4. The van der Waals surface area contributed by atoms with Crippen LogP contribution in [0.2, 0.25) is 0 Å². The van der Waals surface area contributed by atoms with Crippen LogP contribution in [0.3, 0.4) is 0 Å². The van der Waals surface area contributed by atoms with Gasteiger partial charge in [-0.25, -0.2) is 4.79 Å². The molecule has 1 saturated carbocycles. The van der Waals surface area contributed by atoms with Crippen molar-refractivity contribution < 1.29 is 14.7 Å². The molecule has 1 N–H and O–H groups in total. The minimum atomic E-state index is -0.761. The summed E-state index contributed by atoms with van der Waals surface area (Å²) in [4.78, 5) is 28.6. The Morgan fingerprint density at radius 3 is 2.32 bits per heavy atom. The molecule has 0 aromatic rings. The van der Waals surface area contributed by atoms with Crippen LogP contribution in [0.25, 0.3) is 0 Å². The van der Waals surface area contributed by atoms with Crippen molar-refractivity contribution >= 4 is 12.0 Å². The summed E-state index contributed by atoms with van der Waals surface area (Å²) >= 11 is 0. The van der Waals surface area contributed by atoms with Crippen LogP contribution in [-0.4, -0.2) is 77.6 Å². The van der Waals surface area contributed by atoms with E-state index in [0.29, 0.717) is 25.7 Å². The van der Waals surface area contributed by atoms with Gasteiger partial charge in [-0.15, -0.1) is 0 Å². The second-order valence-corrected chi connectivity index (χ2v) is 5.45. The molecule has 0 unspecified atom stereocenters. The summed E-state index contributed by atoms with van der Waals surface area (Å²) in [5.74, 6) is -0.761. The third-order valence-corrected chi connectivity index (χ3v) is 4.21. The summed E-state index contributed by atoms with van der Waals surface area (Å²) in [6.45, 7) is 3.54. The quantitative estimate of drug-likeness (QED) is 0.815. The summed E-state index contributed by atoms with van der Waals surface area (Å²) in [5, 5.41) is 8.65. The van der Waals surface area contributed by atoms with E-state index in [0.717, 1.165) is 25.9 Å². The average Bonchev–Trinajstić information content (AvgIpc) is 2.34. The maximum atomic E-state index is 12.2. The van der Waals surface area contributed by atoms with Gasteiger partial charge in [-0.3, -0.25) is 9.69 Å². The molecule has 0 atom stereocenters. The topological polar surface area (TPSA) is 64.1 Å². The molecule has 2 aliphatic rings. The zero-order valence-corrected chi connectivity index (χ0v) is 11.5. The second kappa shape index (κ2) is 6.23. The van der Waals surface area contributed by atoms with Gasteiger partial charge in [0.15, 0.2) is 0 Å². The van der Waals surface area contributed by atoms with E-state index >= 15 is 0 Å². The maximum absolute atomic E-state index is 12.2. The van der Waals surface area contributed by atoms with Crippen molar-refractivity contribution in [2.75, 3.05) is 39.8 Å². The molecule has 1 aliphatic carbocycles. The first kappa shape index (κ1) is 14.1. The fourth-order valence-electron chi connectivity index (χ4n) is 2.57. The molecule has 108 valence electrons. The predicted molar refractivity (Wildman–Crippen MR) is 71.1 cm³/mol. The maximum Gasteiger partial charge on any atom is 0.320 e. The van der Waals surface area contributed by atoms with Crippen molar-refractivity contribution in [3.05, 3.63) is 0 Å². The molecule has 0 radical (unpaired) electrons. The number of hydrogen-bond donors (Lipinski definition) is 1. The Balaban J connectivity index is 1.72. The van der Waals surface area contributed by atoms with E-state index in [1.807, 2.05) is 16.8 Å². The number of carboxylic acids is 1. The van der Waals surface area contributed by atoms with Crippen molar-refractivity contribution in [1.82, 2.24) is 14.7 Å². The Morgan fingerprint density at radius 1 is 1.21 bits per heavy atom. The van der Waals surface area contributed by atoms with E-state index in [9.17, 15) is 9.59 Å². The van der Waals surface area contributed by atoms with E-state index < -0.39 is 5.97 Å². The lowest BCUT2D eigenvalue weighted by Gasteiger charge is -2.41. The predicted octanol–water partition coefficient (Wildman–Crippen LogP) is 0.683. The molecule has 0 spiro atoms. The minimum absolute atomic E-state index is 0.127. The third kappa shape index (κ3) is 3.59. The fourth-order valence-corrected chi connectivity index (χ4v) is 2.57. The largest absolute Gasteiger partial charge is 0.481 e. The molecular formula is C13H23N3O3. The molecule has 2 rings (SSSR count). The number of rotatable bonds is 4. The summed E-state index contributed by atoms with van der Waals surface area (Å²) in [6, 6.07) is 0.556. The van der Waals surface area contributed by atoms with Crippen molar-refractivity contribution in [3.63, 3.8) is 0 Å². The number of nitrogens with zero attached hydrogens (tertiary/aromatic N) is 3. The highest BCUT2D eigenvalue weighted by molar-refractivity contribution is 5.74. The van der Waals surface area contributed by atoms with E-state index in [4.69, 9.17) is 5.11 Å². The van der Waals surface area contributed by atoms with Gasteiger partial charge in [0.2, 0.25) is 0 Å². The summed E-state index contributed by atoms with van der Waals surface area (Å²) in [6.07, 6.45) is 3.66. The van der Waals surface area contributed by atoms with Crippen molar-refractivity contribution in [2.24, 2.45) is 0 Å². The summed E-state index contributed by atoms with van der Waals surface area (Å²) in [7, 11) is 1.89. The number of amides is 2. The van der Waals surface area contributed by atoms with Gasteiger partial charge in [0.1, 0.15) is 0 Å². The first-order valence-corrected chi connectivity index (χ1v) is 7.04. The van der Waals surface area contributed by atoms with Gasteiger partial charge in [0, 0.05) is 45.8 Å². The van der Waals surface area contributed by atoms with Gasteiger partial charge in [-0.2, -0.15) is 0 Å². The smallest absolute Gasteiger partial charge is 0.320 e. The SMILES string of the molecule is CN(C(=O)N1CCN(CCC(=O)O)CC1)C1CCC1. The van der Waals surface area contributed by atoms with Gasteiger partial charge >= 0.3 is 12.0 Å². The molecule has 0 bridgehead atoms. The molecule has 2 amide bonds. The fraction of sp³-hybridized carbons (Fsp3) is 0.846. The first-order valence-electron chi connectivity index (χ1n) is 7.04. The molecule has 6 nitrogen and oxygen atoms in total. The molecule has 0 aromatic carbocycles. The number of carboxylic acid groups (broad SMARTS) is 1. The lowest BCUT2D eigenvalue weighted by Crippen LogP contribution is -2.54. The highest BCUT2D eigenvalue weighted by Gasteiger charge is 2.30. The number of carbonyl (C=O) groups excluding carboxylic acids is 1. The molecule has 2 fully saturated rings. The lowest BCUT2D eigenvalue weighted by molar-refractivity contribution is -0.137. The zero-order chi connectivity index (χ0) is 13.8. The van der Waals surface area contributed by atoms with Crippen molar-refractivity contribution in [2.45, 2.75) is 31.7 Å². The Kier molecular flexibility index (Phi) is 4.63. The van der Waals surface area contributed by atoms with Crippen LogP contribution in [0.15, 0.2) is 0 Å². The highest BCUT2D eigenvalue weighted by Crippen LogP contribution is 2.24. The molecular weight excluding hydrogens is 246 g/mol. The van der Waals surface area contributed by atoms with Crippen LogP contribution in [0.5, 0.6) is 0 Å². The van der Waals surface area contributed by atoms with Crippen LogP contribution in [0.1, 0.15) is 25.7 Å². The summed E-state index contributed by atoms with van der Waals surface area (Å²) < 4.78 is 0. The van der Waals surface area contributed by atoms with Crippen molar-refractivity contribution in [1.29, 1.82) is 0 Å². The lowest BCUT2D eigenvalue weighted by atomic mass is 9.92. The van der Waals surface area contributed by atoms with E-state index in [-0.39, 0.29) is 12.5 Å². The molecule has 19 heavy (non-hydrogen) atoms. The number of aliphatic carboxylic acids is 1. The molecule has 1 aliphatic heterocycles. The molecule has 0 aromatic heterocycles. The zero-order valence-electron chi connectivity index (χ0n) is 11.5. The van der Waals surface area contributed by atoms with E-state index in [2.05, 4.69) is 4.90 Å². The number of hydrogen-bond acceptors (Lipinski definition) is 3. The van der Waals surface area contributed by atoms with E-state index in [1.165, 1.54) is 6.42 Å². The van der Waals surface area contributed by atoms with Crippen LogP contribution >= 0.6 is 0 Å². The van der Waals surface area contributed by atoms with Crippen LogP contribution < -0.4 is 0 Å². The third-order valence-electron chi connectivity index (χ3n) is 4.21. The monoisotopic (exact) mass is 269 g/mol. The Bertz CT molecular complexity index is 336. The standard InChI is InChI=1S/C13H23N3O3/c1-14(11-3-2-4-11)13(19)16-9-7-15(8-10-16)6-5-12(17)18/h11H,2-10H2,1H3,(H,17,18). The molecule has 1 heterocycles. The Labute approximate surface area is 114 Å². The Morgan fingerprint density at radius 2 is 1.84 bits per heavy atom. The van der Waals surface area contributed by atoms with Crippen LogP contribution in [-0.2, 0) is 4.79 Å². The number of piperazine rings is 1. The number of urea groups is 1. The average molecular weight is 269 g/mol. The number of carbonyl (C=O) groups is 2. The second-order valence-electron chi connectivity index (χ2n) is 5.45. The van der Waals surface area contributed by atoms with E-state index in [1.54, 1.807) is 0 Å². The van der Waals surface area contributed by atoms with Gasteiger partial charge in [0.25, 0.3) is 0 Å². The van der Waals surface area contributed by atoms with Crippen molar-refractivity contribution in [3.8, 4) is 0 Å². The van der Waals surface area contributed by atoms with Crippen LogP contribution in [0, 0.1) is 0 Å². The summed E-state index contributed by atoms with van der Waals surface area (Å²) in [5.41, 5.74) is 0. The minimum Gasteiger partial charge on any atom is -0.481 e. The molecule has 6 heteroatoms. The molecule has 1 saturated heterocycles. The normalized spacial score (nSPS) is 21.0. The first-order chi connectivity index (χ1) is 9.08. The van der Waals surface area contributed by atoms with Gasteiger partial charge in [-0.1, -0.05) is 0 Å².